The molecule has 0 fully saturated rings. The third-order valence-electron chi connectivity index (χ3n) is 9.94. The number of hydrogen-bond donors (Lipinski definition) is 1. The van der Waals surface area contributed by atoms with E-state index in [1.807, 2.05) is 48.5 Å². The van der Waals surface area contributed by atoms with E-state index in [1.54, 1.807) is 21.9 Å². The number of ether oxygens (including phenoxy) is 1. The maximum Gasteiger partial charge on any atom is 0.411 e. The van der Waals surface area contributed by atoms with Crippen LogP contribution in [0.4, 0.5) is 27.5 Å². The van der Waals surface area contributed by atoms with Crippen LogP contribution in [0.15, 0.2) is 84.9 Å². The molecule has 7 rings (SSSR count). The summed E-state index contributed by atoms with van der Waals surface area (Å²) in [5.41, 5.74) is 4.07. The number of carbonyl (C=O) groups is 3. The number of benzene rings is 5. The van der Waals surface area contributed by atoms with Gasteiger partial charge in [0.1, 0.15) is 12.4 Å². The zero-order chi connectivity index (χ0) is 37.9. The molecule has 5 aromatic carbocycles. The number of nitrogens with one attached hydrogen (secondary N) is 1. The molecule has 3 amide bonds. The number of nitro groups is 1. The van der Waals surface area contributed by atoms with Crippen molar-refractivity contribution in [2.75, 3.05) is 40.0 Å². The zero-order valence-corrected chi connectivity index (χ0v) is 31.1. The molecule has 12 nitrogen and oxygen atoms in total. The van der Waals surface area contributed by atoms with Crippen molar-refractivity contribution < 1.29 is 33.1 Å². The molecule has 2 atom stereocenters. The third-order valence-corrected chi connectivity index (χ3v) is 11.0. The Labute approximate surface area is 321 Å². The number of nitro benzene ring substituents is 1. The number of rotatable bonds is 12. The summed E-state index contributed by atoms with van der Waals surface area (Å²) < 4.78 is 22.2. The van der Waals surface area contributed by atoms with Crippen LogP contribution >= 0.6 is 31.9 Å². The van der Waals surface area contributed by atoms with Crippen LogP contribution < -0.4 is 19.6 Å². The molecule has 0 spiro atoms. The molecule has 0 saturated heterocycles. The van der Waals surface area contributed by atoms with E-state index in [0.717, 1.165) is 32.7 Å². The number of non-ortho nitro benzene ring substituents is 1. The second-order valence-electron chi connectivity index (χ2n) is 13.1. The number of hydrogen-bond acceptors (Lipinski definition) is 8. The lowest BCUT2D eigenvalue weighted by Crippen LogP contribution is -2.32. The fourth-order valence-corrected chi connectivity index (χ4v) is 8.21. The summed E-state index contributed by atoms with van der Waals surface area (Å²) in [5.74, 6) is 0.350. The topological polar surface area (TPSA) is 148 Å². The molecule has 0 aromatic heterocycles. The van der Waals surface area contributed by atoms with Gasteiger partial charge in [0, 0.05) is 84.2 Å². The average Bonchev–Trinajstić information content (AvgIpc) is 3.76. The number of nitrogens with zero attached hydrogens (tertiary/aromatic N) is 3. The van der Waals surface area contributed by atoms with Gasteiger partial charge in [0.15, 0.2) is 0 Å². The summed E-state index contributed by atoms with van der Waals surface area (Å²) in [7, 11) is -0.510. The van der Waals surface area contributed by atoms with Gasteiger partial charge < -0.3 is 19.1 Å². The Kier molecular flexibility index (Phi) is 11.0. The van der Waals surface area contributed by atoms with E-state index < -0.39 is 19.7 Å². The van der Waals surface area contributed by atoms with Gasteiger partial charge in [-0.1, -0.05) is 48.5 Å². The molecule has 2 heterocycles. The molecule has 15 heteroatoms. The number of amides is 3. The standard InChI is InChI=1S/C39H33Cl2N4O8P/c40-18-24-20-43(32-16-31(27-6-1-3-8-29(27)37(24)32)42-39(48)52-22-23-12-14-26(15-13-23)45(49)50)35(46)10-5-11-36(47)44-21-25(19-41)38-30-9-4-2-7-28(30)34(53-54-51)17-33(38)44/h1-4,6-9,12-17,24-25H,5,10-11,18-22H2,(H,42,48)/t24-,25-/m1/s1. The summed E-state index contributed by atoms with van der Waals surface area (Å²) in [6, 6.07) is 24.3. The molecule has 276 valence electrons. The van der Waals surface area contributed by atoms with Crippen molar-refractivity contribution in [2.24, 2.45) is 0 Å². The van der Waals surface area contributed by atoms with Crippen molar-refractivity contribution >= 4 is 94.1 Å². The first-order chi connectivity index (χ1) is 26.2. The van der Waals surface area contributed by atoms with Gasteiger partial charge >= 0.3 is 14.8 Å². The van der Waals surface area contributed by atoms with E-state index in [4.69, 9.17) is 32.5 Å². The van der Waals surface area contributed by atoms with Crippen LogP contribution in [0.2, 0.25) is 0 Å². The predicted molar refractivity (Wildman–Crippen MR) is 209 cm³/mol. The molecule has 0 saturated carbocycles. The number of fused-ring (bicyclic) bond motifs is 6. The number of halogens is 2. The highest BCUT2D eigenvalue weighted by Gasteiger charge is 2.36. The molecule has 0 bridgehead atoms. The van der Waals surface area contributed by atoms with Gasteiger partial charge in [-0.3, -0.25) is 25.0 Å². The van der Waals surface area contributed by atoms with Crippen LogP contribution in [0.25, 0.3) is 21.5 Å². The maximum atomic E-state index is 13.9. The van der Waals surface area contributed by atoms with Crippen LogP contribution in [0, 0.1) is 10.1 Å². The summed E-state index contributed by atoms with van der Waals surface area (Å²) in [6.07, 6.45) is -0.251. The summed E-state index contributed by atoms with van der Waals surface area (Å²) in [5, 5.41) is 17.0. The molecule has 5 aromatic rings. The lowest BCUT2D eigenvalue weighted by atomic mass is 9.95. The van der Waals surface area contributed by atoms with Crippen LogP contribution in [-0.2, 0) is 25.5 Å². The number of alkyl halides is 2. The predicted octanol–water partition coefficient (Wildman–Crippen LogP) is 9.44. The second kappa shape index (κ2) is 16.0. The highest BCUT2D eigenvalue weighted by molar-refractivity contribution is 7.17. The van der Waals surface area contributed by atoms with Gasteiger partial charge in [-0.2, -0.15) is 0 Å². The molecular formula is C39H33Cl2N4O8P. The molecule has 0 radical (unpaired) electrons. The summed E-state index contributed by atoms with van der Waals surface area (Å²) in [6.45, 7) is 0.616. The van der Waals surface area contributed by atoms with E-state index in [1.165, 1.54) is 24.3 Å². The minimum atomic E-state index is -0.735. The Bertz CT molecular complexity index is 2310. The summed E-state index contributed by atoms with van der Waals surface area (Å²) in [4.78, 5) is 54.4. The Balaban J connectivity index is 1.06. The highest BCUT2D eigenvalue weighted by Crippen LogP contribution is 2.47. The van der Waals surface area contributed by atoms with Crippen LogP contribution in [-0.4, -0.2) is 47.7 Å². The molecule has 2 aliphatic heterocycles. The first-order valence-electron chi connectivity index (χ1n) is 17.2. The van der Waals surface area contributed by atoms with E-state index in [-0.39, 0.29) is 61.1 Å². The lowest BCUT2D eigenvalue weighted by molar-refractivity contribution is -0.384. The lowest BCUT2D eigenvalue weighted by Gasteiger charge is -2.21. The van der Waals surface area contributed by atoms with Crippen molar-refractivity contribution in [2.45, 2.75) is 37.7 Å². The largest absolute Gasteiger partial charge is 0.444 e. The van der Waals surface area contributed by atoms with Crippen LogP contribution in [0.5, 0.6) is 5.75 Å². The Hall–Kier alpha value is -5.29. The van der Waals surface area contributed by atoms with Gasteiger partial charge in [0.05, 0.1) is 16.3 Å². The first-order valence-corrected chi connectivity index (χ1v) is 19.0. The van der Waals surface area contributed by atoms with Gasteiger partial charge in [-0.25, -0.2) is 9.36 Å². The molecule has 54 heavy (non-hydrogen) atoms. The van der Waals surface area contributed by atoms with Crippen LogP contribution in [0.1, 0.15) is 47.8 Å². The third kappa shape index (κ3) is 7.16. The Morgan fingerprint density at radius 1 is 0.796 bits per heavy atom. The monoisotopic (exact) mass is 786 g/mol. The summed E-state index contributed by atoms with van der Waals surface area (Å²) >= 11 is 12.8. The number of carbonyl (C=O) groups excluding carboxylic acids is 3. The van der Waals surface area contributed by atoms with Gasteiger partial charge in [-0.15, -0.1) is 23.2 Å². The van der Waals surface area contributed by atoms with Crippen molar-refractivity contribution in [3.05, 3.63) is 112 Å². The van der Waals surface area contributed by atoms with Gasteiger partial charge in [0.2, 0.25) is 11.8 Å². The number of anilines is 3. The quantitative estimate of drug-likeness (QED) is 0.0569. The Morgan fingerprint density at radius 2 is 1.33 bits per heavy atom. The van der Waals surface area contributed by atoms with Gasteiger partial charge in [0.25, 0.3) is 5.69 Å². The van der Waals surface area contributed by atoms with E-state index in [2.05, 4.69) is 5.32 Å². The molecule has 0 aliphatic carbocycles. The van der Waals surface area contributed by atoms with Crippen molar-refractivity contribution in [1.29, 1.82) is 0 Å². The minimum absolute atomic E-state index is 0.0674. The minimum Gasteiger partial charge on any atom is -0.444 e. The van der Waals surface area contributed by atoms with Crippen molar-refractivity contribution in [3.8, 4) is 5.75 Å². The van der Waals surface area contributed by atoms with Crippen LogP contribution in [0.3, 0.4) is 0 Å². The van der Waals surface area contributed by atoms with E-state index in [0.29, 0.717) is 47.3 Å². The van der Waals surface area contributed by atoms with E-state index >= 15 is 0 Å². The molecule has 2 aliphatic rings. The zero-order valence-electron chi connectivity index (χ0n) is 28.7. The first kappa shape index (κ1) is 37.0. The SMILES string of the molecule is O=POc1cc2c(c3ccccc13)[C@H](CCl)CN2C(=O)CCCC(=O)N1C[C@@H](CCl)c2c1cc(NC(=O)OCc1ccc([N+](=O)[O-])cc1)c1ccccc21. The van der Waals surface area contributed by atoms with Crippen molar-refractivity contribution in [1.82, 2.24) is 0 Å². The molecule has 1 N–H and O–H groups in total. The molecule has 0 unspecified atom stereocenters. The fraction of sp³-hybridized carbons (Fsp3) is 0.256. The molecular weight excluding hydrogens is 754 g/mol. The fourth-order valence-electron chi connectivity index (χ4n) is 7.47. The highest BCUT2D eigenvalue weighted by atomic mass is 35.5. The van der Waals surface area contributed by atoms with Gasteiger partial charge in [-0.05, 0) is 52.1 Å². The second-order valence-corrected chi connectivity index (χ2v) is 14.1. The Morgan fingerprint density at radius 3 is 1.89 bits per heavy atom. The van der Waals surface area contributed by atoms with Crippen molar-refractivity contribution in [3.63, 3.8) is 0 Å². The maximum absolute atomic E-state index is 13.9. The van der Waals surface area contributed by atoms with E-state index in [9.17, 15) is 29.1 Å². The average molecular weight is 788 g/mol. The smallest absolute Gasteiger partial charge is 0.411 e. The normalized spacial score (nSPS) is 16.0.